The van der Waals surface area contributed by atoms with Crippen LogP contribution in [0.15, 0.2) is 48.1 Å². The van der Waals surface area contributed by atoms with Crippen molar-refractivity contribution in [2.45, 2.75) is 45.3 Å². The smallest absolute Gasteiger partial charge is 0.311 e. The van der Waals surface area contributed by atoms with E-state index >= 15 is 0 Å². The van der Waals surface area contributed by atoms with Crippen LogP contribution in [-0.2, 0) is 9.53 Å². The van der Waals surface area contributed by atoms with E-state index in [1.807, 2.05) is 6.07 Å². The Morgan fingerprint density at radius 3 is 2.64 bits per heavy atom. The molecule has 2 saturated heterocycles. The monoisotopic (exact) mass is 450 g/mol. The predicted molar refractivity (Wildman–Crippen MR) is 130 cm³/mol. The number of carbonyl (C=O) groups is 1. The molecule has 0 aromatic heterocycles. The Hall–Kier alpha value is -1.95. The zero-order valence-electron chi connectivity index (χ0n) is 20.0. The highest BCUT2D eigenvalue weighted by Gasteiger charge is 2.59. The van der Waals surface area contributed by atoms with E-state index in [1.165, 1.54) is 11.1 Å². The molecule has 2 aliphatic carbocycles. The van der Waals surface area contributed by atoms with E-state index in [-0.39, 0.29) is 29.3 Å². The summed E-state index contributed by atoms with van der Waals surface area (Å²) in [5.41, 5.74) is 2.31. The molecule has 5 rings (SSSR count). The van der Waals surface area contributed by atoms with Crippen LogP contribution in [0.25, 0.3) is 6.08 Å². The van der Waals surface area contributed by atoms with Crippen LogP contribution in [0.3, 0.4) is 0 Å². The summed E-state index contributed by atoms with van der Waals surface area (Å²) in [4.78, 5) is 17.8. The molecule has 2 heterocycles. The number of hydrogen-bond donors (Lipinski definition) is 1. The number of aliphatic hydroxyl groups excluding tert-OH is 1. The van der Waals surface area contributed by atoms with Gasteiger partial charge >= 0.3 is 5.97 Å². The van der Waals surface area contributed by atoms with Crippen molar-refractivity contribution in [2.24, 2.45) is 23.2 Å². The summed E-state index contributed by atoms with van der Waals surface area (Å²) in [6.07, 6.45) is 9.01. The van der Waals surface area contributed by atoms with E-state index < -0.39 is 6.10 Å². The third-order valence-corrected chi connectivity index (χ3v) is 8.96. The number of benzene rings is 1. The van der Waals surface area contributed by atoms with Crippen LogP contribution in [0.5, 0.6) is 0 Å². The van der Waals surface area contributed by atoms with Crippen molar-refractivity contribution in [1.29, 1.82) is 0 Å². The molecule has 6 unspecified atom stereocenters. The lowest BCUT2D eigenvalue weighted by atomic mass is 9.55. The van der Waals surface area contributed by atoms with Crippen molar-refractivity contribution in [1.82, 2.24) is 9.80 Å². The van der Waals surface area contributed by atoms with Crippen LogP contribution >= 0.6 is 0 Å². The lowest BCUT2D eigenvalue weighted by Gasteiger charge is -2.52. The number of aliphatic hydroxyl groups is 1. The molecular weight excluding hydrogens is 412 g/mol. The van der Waals surface area contributed by atoms with Gasteiger partial charge in [0.15, 0.2) is 0 Å². The molecule has 2 aliphatic heterocycles. The molecule has 0 radical (unpaired) electrons. The topological polar surface area (TPSA) is 53.0 Å². The maximum atomic E-state index is 12.9. The number of hydrogen-bond acceptors (Lipinski definition) is 5. The van der Waals surface area contributed by atoms with Crippen molar-refractivity contribution >= 4 is 12.0 Å². The largest absolute Gasteiger partial charge is 0.461 e. The van der Waals surface area contributed by atoms with E-state index in [2.05, 4.69) is 66.1 Å². The van der Waals surface area contributed by atoms with Crippen LogP contribution < -0.4 is 0 Å². The number of rotatable bonds is 5. The fraction of sp³-hybridized carbons (Fsp3) is 0.607. The molecule has 1 aromatic rings. The van der Waals surface area contributed by atoms with Gasteiger partial charge in [0.25, 0.3) is 0 Å². The molecule has 5 heteroatoms. The summed E-state index contributed by atoms with van der Waals surface area (Å²) >= 11 is 0. The Morgan fingerprint density at radius 2 is 1.88 bits per heavy atom. The van der Waals surface area contributed by atoms with Crippen molar-refractivity contribution in [2.75, 3.05) is 39.3 Å². The lowest BCUT2D eigenvalue weighted by Crippen LogP contribution is -2.55. The van der Waals surface area contributed by atoms with Crippen LogP contribution in [-0.4, -0.2) is 72.4 Å². The summed E-state index contributed by atoms with van der Waals surface area (Å²) in [7, 11) is 0. The first kappa shape index (κ1) is 22.8. The second kappa shape index (κ2) is 9.36. The van der Waals surface area contributed by atoms with E-state index in [9.17, 15) is 9.90 Å². The number of nitrogens with zero attached hydrogens (tertiary/aromatic N) is 2. The van der Waals surface area contributed by atoms with Crippen molar-refractivity contribution in [3.63, 3.8) is 0 Å². The van der Waals surface area contributed by atoms with Gasteiger partial charge in [-0.15, -0.1) is 0 Å². The molecule has 5 nitrogen and oxygen atoms in total. The maximum absolute atomic E-state index is 12.9. The highest BCUT2D eigenvalue weighted by Crippen LogP contribution is 2.56. The predicted octanol–water partition coefficient (Wildman–Crippen LogP) is 3.60. The van der Waals surface area contributed by atoms with Gasteiger partial charge in [0.2, 0.25) is 0 Å². The number of allylic oxidation sites excluding steroid dienone is 1. The summed E-state index contributed by atoms with van der Waals surface area (Å²) in [6.45, 7) is 10.0. The van der Waals surface area contributed by atoms with Crippen LogP contribution in [0.2, 0.25) is 0 Å². The first-order chi connectivity index (χ1) is 16.0. The molecule has 33 heavy (non-hydrogen) atoms. The van der Waals surface area contributed by atoms with E-state index in [0.717, 1.165) is 52.0 Å². The van der Waals surface area contributed by atoms with E-state index in [1.54, 1.807) is 0 Å². The Bertz CT molecular complexity index is 905. The number of ether oxygens (including phenoxy) is 1. The molecule has 0 bridgehead atoms. The molecular formula is C28H38N2O3. The second-order valence-corrected chi connectivity index (χ2v) is 10.7. The lowest BCUT2D eigenvalue weighted by molar-refractivity contribution is -0.145. The van der Waals surface area contributed by atoms with Gasteiger partial charge in [0.1, 0.15) is 6.10 Å². The fourth-order valence-corrected chi connectivity index (χ4v) is 6.61. The quantitative estimate of drug-likeness (QED) is 0.549. The molecule has 6 atom stereocenters. The highest BCUT2D eigenvalue weighted by molar-refractivity contribution is 5.76. The normalized spacial score (nSPS) is 37.5. The second-order valence-electron chi connectivity index (χ2n) is 10.7. The molecule has 178 valence electrons. The molecule has 0 spiro atoms. The highest BCUT2D eigenvalue weighted by atomic mass is 16.6. The third-order valence-electron chi connectivity index (χ3n) is 8.96. The fourth-order valence-electron chi connectivity index (χ4n) is 6.61. The molecule has 4 aliphatic rings. The summed E-state index contributed by atoms with van der Waals surface area (Å²) in [6, 6.07) is 10.4. The summed E-state index contributed by atoms with van der Waals surface area (Å²) in [5, 5.41) is 11.5. The first-order valence-electron chi connectivity index (χ1n) is 12.7. The average Bonchev–Trinajstić information content (AvgIpc) is 3.13. The Kier molecular flexibility index (Phi) is 6.47. The minimum absolute atomic E-state index is 0.0907. The number of piperazine rings is 1. The summed E-state index contributed by atoms with van der Waals surface area (Å²) < 4.78 is 5.85. The molecule has 1 aromatic carbocycles. The van der Waals surface area contributed by atoms with Gasteiger partial charge < -0.3 is 9.84 Å². The minimum atomic E-state index is -0.515. The molecule has 0 amide bonds. The van der Waals surface area contributed by atoms with Gasteiger partial charge in [0, 0.05) is 57.0 Å². The summed E-state index contributed by atoms with van der Waals surface area (Å²) in [5.74, 6) is 0.0131. The van der Waals surface area contributed by atoms with E-state index in [4.69, 9.17) is 4.74 Å². The Labute approximate surface area is 198 Å². The van der Waals surface area contributed by atoms with Crippen molar-refractivity contribution in [3.8, 4) is 0 Å². The number of carbonyl (C=O) groups excluding carboxylic acids is 1. The van der Waals surface area contributed by atoms with Gasteiger partial charge in [0.05, 0.1) is 12.0 Å². The van der Waals surface area contributed by atoms with Crippen LogP contribution in [0, 0.1) is 23.2 Å². The van der Waals surface area contributed by atoms with Crippen LogP contribution in [0.4, 0.5) is 0 Å². The van der Waals surface area contributed by atoms with E-state index in [0.29, 0.717) is 12.5 Å². The zero-order valence-corrected chi connectivity index (χ0v) is 20.0. The van der Waals surface area contributed by atoms with Gasteiger partial charge in [-0.25, -0.2) is 0 Å². The maximum Gasteiger partial charge on any atom is 0.311 e. The van der Waals surface area contributed by atoms with Gasteiger partial charge in [-0.05, 0) is 24.3 Å². The Morgan fingerprint density at radius 1 is 1.15 bits per heavy atom. The average molecular weight is 451 g/mol. The standard InChI is InChI=1S/C28H38N2O3/c1-20-8-6-12-22-18-24-25(26(31)28(20,22)2)23(27(32)33-24)19-30-16-14-29(15-17-30)13-7-11-21-9-4-3-5-10-21/h3-5,7,9-12,20,23-26,31H,6,8,13-19H2,1-2H3. The van der Waals surface area contributed by atoms with Crippen molar-refractivity contribution in [3.05, 3.63) is 53.6 Å². The van der Waals surface area contributed by atoms with Gasteiger partial charge in [-0.2, -0.15) is 0 Å². The zero-order chi connectivity index (χ0) is 23.0. The first-order valence-corrected chi connectivity index (χ1v) is 12.7. The molecule has 1 saturated carbocycles. The van der Waals surface area contributed by atoms with Gasteiger partial charge in [-0.1, -0.05) is 68.0 Å². The number of fused-ring (bicyclic) bond motifs is 2. The number of esters is 1. The molecule has 3 fully saturated rings. The van der Waals surface area contributed by atoms with Crippen molar-refractivity contribution < 1.29 is 14.6 Å². The molecule has 1 N–H and O–H groups in total. The van der Waals surface area contributed by atoms with Gasteiger partial charge in [-0.3, -0.25) is 14.6 Å². The Balaban J connectivity index is 1.18. The SMILES string of the molecule is CC1CCC=C2CC3OC(=O)C(CN4CCN(CC=Cc5ccccc5)CC4)C3C(O)C21C. The third kappa shape index (κ3) is 4.31. The minimum Gasteiger partial charge on any atom is -0.461 e. The van der Waals surface area contributed by atoms with Crippen LogP contribution in [0.1, 0.15) is 38.7 Å².